The number of pyridine rings is 1. The SMILES string of the molecule is Cc1ccc(-n2c(C)cc(/C=N\NC(=O)C(=O)NCc3ccccn3)c2C)cc1Cl. The Morgan fingerprint density at radius 3 is 2.63 bits per heavy atom. The van der Waals surface area contributed by atoms with E-state index in [1.807, 2.05) is 49.6 Å². The summed E-state index contributed by atoms with van der Waals surface area (Å²) in [5.41, 5.74) is 7.60. The van der Waals surface area contributed by atoms with Gasteiger partial charge in [-0.3, -0.25) is 14.6 Å². The maximum atomic E-state index is 11.9. The molecule has 154 valence electrons. The molecule has 0 saturated carbocycles. The number of amides is 2. The summed E-state index contributed by atoms with van der Waals surface area (Å²) in [4.78, 5) is 27.9. The van der Waals surface area contributed by atoms with E-state index in [1.165, 1.54) is 6.21 Å². The number of benzene rings is 1. The van der Waals surface area contributed by atoms with Gasteiger partial charge in [0.25, 0.3) is 0 Å². The fourth-order valence-electron chi connectivity index (χ4n) is 3.00. The molecule has 7 nitrogen and oxygen atoms in total. The number of nitrogens with zero attached hydrogens (tertiary/aromatic N) is 3. The molecule has 2 amide bonds. The van der Waals surface area contributed by atoms with Crippen LogP contribution in [0.25, 0.3) is 5.69 Å². The number of rotatable bonds is 5. The Bertz CT molecular complexity index is 1110. The molecule has 3 aromatic rings. The first-order valence-electron chi connectivity index (χ1n) is 9.33. The van der Waals surface area contributed by atoms with Crippen molar-refractivity contribution in [3.63, 3.8) is 0 Å². The van der Waals surface area contributed by atoms with E-state index in [1.54, 1.807) is 24.4 Å². The second kappa shape index (κ2) is 9.37. The first kappa shape index (κ1) is 21.3. The van der Waals surface area contributed by atoms with Crippen LogP contribution in [0, 0.1) is 20.8 Å². The van der Waals surface area contributed by atoms with E-state index in [0.717, 1.165) is 28.2 Å². The average molecular weight is 424 g/mol. The summed E-state index contributed by atoms with van der Waals surface area (Å²) < 4.78 is 2.05. The van der Waals surface area contributed by atoms with Gasteiger partial charge in [0.1, 0.15) is 0 Å². The van der Waals surface area contributed by atoms with Gasteiger partial charge in [0.2, 0.25) is 0 Å². The van der Waals surface area contributed by atoms with Crippen molar-refractivity contribution in [3.8, 4) is 5.69 Å². The molecule has 0 radical (unpaired) electrons. The molecular formula is C22H22ClN5O2. The highest BCUT2D eigenvalue weighted by molar-refractivity contribution is 6.35. The third-order valence-corrected chi connectivity index (χ3v) is 5.02. The summed E-state index contributed by atoms with van der Waals surface area (Å²) in [5, 5.41) is 7.11. The van der Waals surface area contributed by atoms with Gasteiger partial charge in [0.05, 0.1) is 18.5 Å². The van der Waals surface area contributed by atoms with Crippen molar-refractivity contribution >= 4 is 29.6 Å². The van der Waals surface area contributed by atoms with Gasteiger partial charge in [-0.1, -0.05) is 23.7 Å². The van der Waals surface area contributed by atoms with Gasteiger partial charge in [-0.25, -0.2) is 5.43 Å². The number of hydrogen-bond acceptors (Lipinski definition) is 4. The minimum Gasteiger partial charge on any atom is -0.342 e. The standard InChI is InChI=1S/C22H22ClN5O2/c1-14-7-8-19(11-20(14)23)28-15(2)10-17(16(28)3)12-26-27-22(30)21(29)25-13-18-6-4-5-9-24-18/h4-12H,13H2,1-3H3,(H,25,29)(H,27,30)/b26-12-. The Balaban J connectivity index is 1.64. The minimum atomic E-state index is -0.846. The number of hydrogen-bond donors (Lipinski definition) is 2. The quantitative estimate of drug-likeness (QED) is 0.375. The average Bonchev–Trinajstić information content (AvgIpc) is 3.02. The van der Waals surface area contributed by atoms with Crippen molar-refractivity contribution < 1.29 is 9.59 Å². The van der Waals surface area contributed by atoms with Gasteiger partial charge in [-0.2, -0.15) is 5.10 Å². The normalized spacial score (nSPS) is 10.9. The first-order valence-corrected chi connectivity index (χ1v) is 9.71. The molecule has 0 aliphatic carbocycles. The number of aryl methyl sites for hydroxylation is 2. The number of carbonyl (C=O) groups is 2. The van der Waals surface area contributed by atoms with Crippen LogP contribution in [0.4, 0.5) is 0 Å². The molecule has 30 heavy (non-hydrogen) atoms. The van der Waals surface area contributed by atoms with Gasteiger partial charge in [-0.05, 0) is 56.7 Å². The van der Waals surface area contributed by atoms with Crippen molar-refractivity contribution in [2.45, 2.75) is 27.3 Å². The molecule has 8 heteroatoms. The second-order valence-electron chi connectivity index (χ2n) is 6.80. The molecule has 3 rings (SSSR count). The molecule has 2 heterocycles. The predicted molar refractivity (Wildman–Crippen MR) is 117 cm³/mol. The highest BCUT2D eigenvalue weighted by atomic mass is 35.5. The Morgan fingerprint density at radius 1 is 1.13 bits per heavy atom. The van der Waals surface area contributed by atoms with Gasteiger partial charge >= 0.3 is 11.8 Å². The lowest BCUT2D eigenvalue weighted by Gasteiger charge is -2.11. The molecule has 2 N–H and O–H groups in total. The van der Waals surface area contributed by atoms with Crippen molar-refractivity contribution in [3.05, 3.63) is 81.9 Å². The van der Waals surface area contributed by atoms with E-state index >= 15 is 0 Å². The first-order chi connectivity index (χ1) is 14.4. The van der Waals surface area contributed by atoms with Crippen LogP contribution in [0.5, 0.6) is 0 Å². The summed E-state index contributed by atoms with van der Waals surface area (Å²) in [6, 6.07) is 13.2. The van der Waals surface area contributed by atoms with Crippen molar-refractivity contribution in [2.24, 2.45) is 5.10 Å². The topological polar surface area (TPSA) is 88.4 Å². The number of carbonyl (C=O) groups excluding carboxylic acids is 2. The molecule has 0 aliphatic heterocycles. The van der Waals surface area contributed by atoms with Crippen LogP contribution >= 0.6 is 11.6 Å². The lowest BCUT2D eigenvalue weighted by atomic mass is 10.2. The molecule has 1 aromatic carbocycles. The maximum absolute atomic E-state index is 11.9. The Labute approximate surface area is 179 Å². The summed E-state index contributed by atoms with van der Waals surface area (Å²) in [7, 11) is 0. The molecule has 0 saturated heterocycles. The highest BCUT2D eigenvalue weighted by Crippen LogP contribution is 2.24. The summed E-state index contributed by atoms with van der Waals surface area (Å²) >= 11 is 6.26. The van der Waals surface area contributed by atoms with Gasteiger partial charge < -0.3 is 9.88 Å². The highest BCUT2D eigenvalue weighted by Gasteiger charge is 2.13. The number of nitrogens with one attached hydrogen (secondary N) is 2. The fraction of sp³-hybridized carbons (Fsp3) is 0.182. The molecule has 0 aliphatic rings. The Hall–Kier alpha value is -3.45. The third-order valence-electron chi connectivity index (χ3n) is 4.62. The van der Waals surface area contributed by atoms with Crippen LogP contribution < -0.4 is 10.7 Å². The van der Waals surface area contributed by atoms with E-state index in [9.17, 15) is 9.59 Å². The molecule has 0 atom stereocenters. The van der Waals surface area contributed by atoms with Crippen molar-refractivity contribution in [1.29, 1.82) is 0 Å². The predicted octanol–water partition coefficient (Wildman–Crippen LogP) is 3.22. The van der Waals surface area contributed by atoms with E-state index in [2.05, 4.69) is 20.8 Å². The molecule has 2 aromatic heterocycles. The van der Waals surface area contributed by atoms with E-state index < -0.39 is 11.8 Å². The lowest BCUT2D eigenvalue weighted by molar-refractivity contribution is -0.139. The molecule has 0 fully saturated rings. The lowest BCUT2D eigenvalue weighted by Crippen LogP contribution is -2.37. The summed E-state index contributed by atoms with van der Waals surface area (Å²) in [5.74, 6) is -1.63. The van der Waals surface area contributed by atoms with Crippen LogP contribution in [0.3, 0.4) is 0 Å². The molecule has 0 unspecified atom stereocenters. The van der Waals surface area contributed by atoms with Crippen LogP contribution in [0.2, 0.25) is 5.02 Å². The molecule has 0 spiro atoms. The number of halogens is 1. The largest absolute Gasteiger partial charge is 0.342 e. The van der Waals surface area contributed by atoms with E-state index in [-0.39, 0.29) is 6.54 Å². The third kappa shape index (κ3) is 4.93. The van der Waals surface area contributed by atoms with Crippen LogP contribution in [-0.4, -0.2) is 27.6 Å². The van der Waals surface area contributed by atoms with Gasteiger partial charge in [-0.15, -0.1) is 0 Å². The smallest absolute Gasteiger partial charge is 0.329 e. The van der Waals surface area contributed by atoms with E-state index in [4.69, 9.17) is 11.6 Å². The molecule has 0 bridgehead atoms. The summed E-state index contributed by atoms with van der Waals surface area (Å²) in [6.07, 6.45) is 3.13. The van der Waals surface area contributed by atoms with E-state index in [0.29, 0.717) is 10.7 Å². The summed E-state index contributed by atoms with van der Waals surface area (Å²) in [6.45, 7) is 6.04. The zero-order chi connectivity index (χ0) is 21.7. The van der Waals surface area contributed by atoms with Crippen LogP contribution in [-0.2, 0) is 16.1 Å². The van der Waals surface area contributed by atoms with Gasteiger partial charge in [0, 0.05) is 33.9 Å². The van der Waals surface area contributed by atoms with Crippen molar-refractivity contribution in [2.75, 3.05) is 0 Å². The Morgan fingerprint density at radius 2 is 1.93 bits per heavy atom. The fourth-order valence-corrected chi connectivity index (χ4v) is 3.18. The monoisotopic (exact) mass is 423 g/mol. The number of hydrazone groups is 1. The molecular weight excluding hydrogens is 402 g/mol. The maximum Gasteiger partial charge on any atom is 0.329 e. The minimum absolute atomic E-state index is 0.164. The van der Waals surface area contributed by atoms with Gasteiger partial charge in [0.15, 0.2) is 0 Å². The second-order valence-corrected chi connectivity index (χ2v) is 7.21. The van der Waals surface area contributed by atoms with Crippen LogP contribution in [0.1, 0.15) is 28.2 Å². The van der Waals surface area contributed by atoms with Crippen LogP contribution in [0.15, 0.2) is 53.8 Å². The Kier molecular flexibility index (Phi) is 6.64. The zero-order valence-corrected chi connectivity index (χ0v) is 17.7. The number of aromatic nitrogens is 2. The van der Waals surface area contributed by atoms with Crippen molar-refractivity contribution in [1.82, 2.24) is 20.3 Å². The zero-order valence-electron chi connectivity index (χ0n) is 16.9.